The van der Waals surface area contributed by atoms with Crippen LogP contribution in [-0.2, 0) is 9.53 Å². The largest absolute Gasteiger partial charge is 0.454 e. The standard InChI is InChI=1S/C26H27NO2/c1-18(2)26(28)29-21(5)22-10-16-25(17-11-22)27(23-12-6-19(3)7-13-23)24-14-8-20(4)9-15-24/h6-17,21H,1H2,2-5H3. The predicted molar refractivity (Wildman–Crippen MR) is 120 cm³/mol. The quantitative estimate of drug-likeness (QED) is 0.339. The second-order valence-corrected chi connectivity index (χ2v) is 7.43. The number of nitrogens with zero attached hydrogens (tertiary/aromatic N) is 1. The molecule has 3 rings (SSSR count). The highest BCUT2D eigenvalue weighted by atomic mass is 16.5. The summed E-state index contributed by atoms with van der Waals surface area (Å²) in [5.74, 6) is -0.373. The van der Waals surface area contributed by atoms with Gasteiger partial charge in [-0.25, -0.2) is 4.79 Å². The second kappa shape index (κ2) is 8.78. The first-order chi connectivity index (χ1) is 13.8. The van der Waals surface area contributed by atoms with Gasteiger partial charge in [0.15, 0.2) is 0 Å². The molecule has 0 amide bonds. The van der Waals surface area contributed by atoms with Gasteiger partial charge in [-0.05, 0) is 69.7 Å². The van der Waals surface area contributed by atoms with Crippen LogP contribution in [0.4, 0.5) is 17.1 Å². The van der Waals surface area contributed by atoms with Crippen LogP contribution >= 0.6 is 0 Å². The fourth-order valence-corrected chi connectivity index (χ4v) is 3.06. The minimum absolute atomic E-state index is 0.333. The van der Waals surface area contributed by atoms with E-state index in [2.05, 4.69) is 86.0 Å². The van der Waals surface area contributed by atoms with Gasteiger partial charge in [0.1, 0.15) is 6.10 Å². The summed E-state index contributed by atoms with van der Waals surface area (Å²) in [5, 5.41) is 0. The van der Waals surface area contributed by atoms with E-state index in [4.69, 9.17) is 4.74 Å². The Kier molecular flexibility index (Phi) is 6.18. The Bertz CT molecular complexity index is 941. The smallest absolute Gasteiger partial charge is 0.333 e. The summed E-state index contributed by atoms with van der Waals surface area (Å²) in [6, 6.07) is 25.1. The van der Waals surface area contributed by atoms with Gasteiger partial charge in [-0.2, -0.15) is 0 Å². The molecule has 0 bridgehead atoms. The molecule has 0 heterocycles. The molecule has 0 saturated carbocycles. The number of ether oxygens (including phenoxy) is 1. The zero-order valence-corrected chi connectivity index (χ0v) is 17.5. The number of anilines is 3. The minimum atomic E-state index is -0.373. The summed E-state index contributed by atoms with van der Waals surface area (Å²) >= 11 is 0. The van der Waals surface area contributed by atoms with Crippen LogP contribution in [0.2, 0.25) is 0 Å². The van der Waals surface area contributed by atoms with Crippen molar-refractivity contribution in [2.75, 3.05) is 4.90 Å². The fourth-order valence-electron chi connectivity index (χ4n) is 3.06. The number of carbonyl (C=O) groups is 1. The van der Waals surface area contributed by atoms with E-state index >= 15 is 0 Å². The molecule has 0 N–H and O–H groups in total. The molecule has 0 fully saturated rings. The maximum Gasteiger partial charge on any atom is 0.333 e. The molecule has 1 atom stereocenters. The van der Waals surface area contributed by atoms with Gasteiger partial charge >= 0.3 is 5.97 Å². The average Bonchev–Trinajstić information content (AvgIpc) is 2.71. The predicted octanol–water partition coefficient (Wildman–Crippen LogP) is 6.95. The van der Waals surface area contributed by atoms with Gasteiger partial charge < -0.3 is 9.64 Å². The number of rotatable bonds is 6. The van der Waals surface area contributed by atoms with Gasteiger partial charge in [-0.15, -0.1) is 0 Å². The summed E-state index contributed by atoms with van der Waals surface area (Å²) < 4.78 is 5.44. The highest BCUT2D eigenvalue weighted by Crippen LogP contribution is 2.35. The van der Waals surface area contributed by atoms with Crippen LogP contribution in [0.15, 0.2) is 84.9 Å². The van der Waals surface area contributed by atoms with E-state index in [1.807, 2.05) is 19.1 Å². The molecule has 3 heteroatoms. The van der Waals surface area contributed by atoms with Crippen LogP contribution in [0.5, 0.6) is 0 Å². The maximum absolute atomic E-state index is 11.8. The van der Waals surface area contributed by atoms with E-state index in [1.165, 1.54) is 11.1 Å². The van der Waals surface area contributed by atoms with E-state index < -0.39 is 0 Å². The fraction of sp³-hybridized carbons (Fsp3) is 0.192. The molecule has 0 radical (unpaired) electrons. The zero-order chi connectivity index (χ0) is 21.0. The number of esters is 1. The lowest BCUT2D eigenvalue weighted by Crippen LogP contribution is -2.11. The Morgan fingerprint density at radius 3 is 1.55 bits per heavy atom. The third-order valence-electron chi connectivity index (χ3n) is 4.84. The van der Waals surface area contributed by atoms with Gasteiger partial charge in [-0.3, -0.25) is 0 Å². The molecule has 0 saturated heterocycles. The van der Waals surface area contributed by atoms with Gasteiger partial charge in [0.05, 0.1) is 0 Å². The topological polar surface area (TPSA) is 29.5 Å². The first-order valence-electron chi connectivity index (χ1n) is 9.75. The summed E-state index contributed by atoms with van der Waals surface area (Å²) in [7, 11) is 0. The number of aryl methyl sites for hydroxylation is 2. The molecular formula is C26H27NO2. The third kappa shape index (κ3) is 4.94. The zero-order valence-electron chi connectivity index (χ0n) is 17.5. The Balaban J connectivity index is 1.94. The van der Waals surface area contributed by atoms with E-state index in [1.54, 1.807) is 6.92 Å². The van der Waals surface area contributed by atoms with Crippen LogP contribution in [0.1, 0.15) is 36.6 Å². The molecule has 0 aliphatic rings. The molecule has 29 heavy (non-hydrogen) atoms. The second-order valence-electron chi connectivity index (χ2n) is 7.43. The highest BCUT2D eigenvalue weighted by Gasteiger charge is 2.15. The summed E-state index contributed by atoms with van der Waals surface area (Å²) in [6.45, 7) is 11.3. The van der Waals surface area contributed by atoms with E-state index in [-0.39, 0.29) is 12.1 Å². The van der Waals surface area contributed by atoms with Crippen molar-refractivity contribution in [1.82, 2.24) is 0 Å². The van der Waals surface area contributed by atoms with Crippen LogP contribution in [0.3, 0.4) is 0 Å². The van der Waals surface area contributed by atoms with E-state index in [9.17, 15) is 4.79 Å². The van der Waals surface area contributed by atoms with Crippen molar-refractivity contribution in [3.05, 3.63) is 102 Å². The lowest BCUT2D eigenvalue weighted by molar-refractivity contribution is -0.143. The Morgan fingerprint density at radius 2 is 1.17 bits per heavy atom. The first-order valence-corrected chi connectivity index (χ1v) is 9.75. The molecule has 148 valence electrons. The van der Waals surface area contributed by atoms with Crippen LogP contribution in [0, 0.1) is 13.8 Å². The van der Waals surface area contributed by atoms with Crippen molar-refractivity contribution < 1.29 is 9.53 Å². The van der Waals surface area contributed by atoms with Crippen molar-refractivity contribution in [3.63, 3.8) is 0 Å². The average molecular weight is 386 g/mol. The number of carbonyl (C=O) groups excluding carboxylic acids is 1. The SMILES string of the molecule is C=C(C)C(=O)OC(C)c1ccc(N(c2ccc(C)cc2)c2ccc(C)cc2)cc1. The van der Waals surface area contributed by atoms with E-state index in [0.29, 0.717) is 5.57 Å². The number of benzene rings is 3. The lowest BCUT2D eigenvalue weighted by Gasteiger charge is -2.26. The number of hydrogen-bond donors (Lipinski definition) is 0. The molecule has 0 spiro atoms. The van der Waals surface area contributed by atoms with Crippen LogP contribution in [-0.4, -0.2) is 5.97 Å². The van der Waals surface area contributed by atoms with Crippen LogP contribution < -0.4 is 4.90 Å². The Hall–Kier alpha value is -3.33. The van der Waals surface area contributed by atoms with Crippen molar-refractivity contribution in [1.29, 1.82) is 0 Å². The van der Waals surface area contributed by atoms with Crippen molar-refractivity contribution >= 4 is 23.0 Å². The minimum Gasteiger partial charge on any atom is -0.454 e. The Labute approximate surface area is 173 Å². The summed E-state index contributed by atoms with van der Waals surface area (Å²) in [5.41, 5.74) is 7.01. The van der Waals surface area contributed by atoms with Gasteiger partial charge in [0, 0.05) is 22.6 Å². The molecule has 0 aromatic heterocycles. The van der Waals surface area contributed by atoms with Crippen LogP contribution in [0.25, 0.3) is 0 Å². The summed E-state index contributed by atoms with van der Waals surface area (Å²) in [4.78, 5) is 14.0. The molecule has 3 nitrogen and oxygen atoms in total. The first kappa shape index (κ1) is 20.4. The van der Waals surface area contributed by atoms with Gasteiger partial charge in [0.2, 0.25) is 0 Å². The van der Waals surface area contributed by atoms with Crippen molar-refractivity contribution in [3.8, 4) is 0 Å². The maximum atomic E-state index is 11.8. The molecule has 0 aliphatic carbocycles. The molecule has 0 aliphatic heterocycles. The highest BCUT2D eigenvalue weighted by molar-refractivity contribution is 5.87. The van der Waals surface area contributed by atoms with Crippen molar-refractivity contribution in [2.24, 2.45) is 0 Å². The number of hydrogen-bond acceptors (Lipinski definition) is 3. The van der Waals surface area contributed by atoms with Crippen molar-refractivity contribution in [2.45, 2.75) is 33.8 Å². The molecule has 3 aromatic rings. The van der Waals surface area contributed by atoms with Gasteiger partial charge in [-0.1, -0.05) is 54.1 Å². The molecular weight excluding hydrogens is 358 g/mol. The Morgan fingerprint density at radius 1 is 0.793 bits per heavy atom. The third-order valence-corrected chi connectivity index (χ3v) is 4.84. The molecule has 1 unspecified atom stereocenters. The van der Waals surface area contributed by atoms with E-state index in [0.717, 1.165) is 22.6 Å². The summed E-state index contributed by atoms with van der Waals surface area (Å²) in [6.07, 6.45) is -0.333. The monoisotopic (exact) mass is 385 g/mol. The molecule has 3 aromatic carbocycles. The normalized spacial score (nSPS) is 11.6. The lowest BCUT2D eigenvalue weighted by atomic mass is 10.1. The van der Waals surface area contributed by atoms with Gasteiger partial charge in [0.25, 0.3) is 0 Å².